The summed E-state index contributed by atoms with van der Waals surface area (Å²) in [6.07, 6.45) is -1.28. The first-order valence-corrected chi connectivity index (χ1v) is 5.98. The van der Waals surface area contributed by atoms with E-state index in [9.17, 15) is 19.1 Å². The molecule has 7 heteroatoms. The molecule has 2 unspecified atom stereocenters. The van der Waals surface area contributed by atoms with E-state index in [0.717, 1.165) is 0 Å². The van der Waals surface area contributed by atoms with Gasteiger partial charge in [-0.3, -0.25) is 4.79 Å². The van der Waals surface area contributed by atoms with Crippen LogP contribution < -0.4 is 10.1 Å². The van der Waals surface area contributed by atoms with Crippen LogP contribution in [0.4, 0.5) is 4.39 Å². The lowest BCUT2D eigenvalue weighted by molar-refractivity contribution is -0.144. The number of halogens is 1. The zero-order valence-corrected chi connectivity index (χ0v) is 10.9. The lowest BCUT2D eigenvalue weighted by Gasteiger charge is -2.17. The van der Waals surface area contributed by atoms with Crippen LogP contribution in [0.15, 0.2) is 24.3 Å². The molecule has 0 fully saturated rings. The summed E-state index contributed by atoms with van der Waals surface area (Å²) in [7, 11) is 0. The summed E-state index contributed by atoms with van der Waals surface area (Å²) >= 11 is 0. The average molecular weight is 285 g/mol. The minimum Gasteiger partial charge on any atom is -0.493 e. The number of carboxylic acid groups (broad SMARTS) is 1. The number of carboxylic acids is 1. The van der Waals surface area contributed by atoms with Crippen molar-refractivity contribution in [3.8, 4) is 5.75 Å². The maximum atomic E-state index is 12.6. The second-order valence-electron chi connectivity index (χ2n) is 4.18. The Morgan fingerprint density at radius 3 is 2.45 bits per heavy atom. The van der Waals surface area contributed by atoms with Crippen LogP contribution in [0.2, 0.25) is 0 Å². The van der Waals surface area contributed by atoms with Crippen molar-refractivity contribution in [3.63, 3.8) is 0 Å². The fourth-order valence-electron chi connectivity index (χ4n) is 1.43. The van der Waals surface area contributed by atoms with Gasteiger partial charge in [0.1, 0.15) is 11.6 Å². The van der Waals surface area contributed by atoms with E-state index >= 15 is 0 Å². The Kier molecular flexibility index (Phi) is 5.92. The maximum absolute atomic E-state index is 12.6. The number of hydrogen-bond acceptors (Lipinski definition) is 4. The molecule has 0 aliphatic rings. The third-order valence-electron chi connectivity index (χ3n) is 2.48. The number of aliphatic hydroxyl groups is 1. The molecule has 0 spiro atoms. The third kappa shape index (κ3) is 5.23. The van der Waals surface area contributed by atoms with Crippen LogP contribution in [0.5, 0.6) is 5.75 Å². The molecule has 0 saturated heterocycles. The van der Waals surface area contributed by atoms with Crippen LogP contribution in [0.25, 0.3) is 0 Å². The van der Waals surface area contributed by atoms with E-state index in [-0.39, 0.29) is 13.0 Å². The molecule has 1 rings (SSSR count). The van der Waals surface area contributed by atoms with Crippen molar-refractivity contribution in [3.05, 3.63) is 30.1 Å². The second kappa shape index (κ2) is 7.44. The molecule has 1 amide bonds. The number of carbonyl (C=O) groups is 2. The fraction of sp³-hybridized carbons (Fsp3) is 0.385. The highest BCUT2D eigenvalue weighted by Gasteiger charge is 2.24. The van der Waals surface area contributed by atoms with Gasteiger partial charge in [-0.25, -0.2) is 9.18 Å². The van der Waals surface area contributed by atoms with E-state index < -0.39 is 29.8 Å². The standard InChI is InChI=1S/C13H16FNO5/c1-8(16)12(13(18)19)15-11(17)6-7-20-10-4-2-9(14)3-5-10/h2-5,8,12,16H,6-7H2,1H3,(H,15,17)(H,18,19). The monoisotopic (exact) mass is 285 g/mol. The van der Waals surface area contributed by atoms with Crippen molar-refractivity contribution in [2.75, 3.05) is 6.61 Å². The van der Waals surface area contributed by atoms with Crippen LogP contribution in [-0.2, 0) is 9.59 Å². The summed E-state index contributed by atoms with van der Waals surface area (Å²) in [6, 6.07) is 3.94. The highest BCUT2D eigenvalue weighted by molar-refractivity contribution is 5.83. The highest BCUT2D eigenvalue weighted by atomic mass is 19.1. The van der Waals surface area contributed by atoms with Gasteiger partial charge in [-0.05, 0) is 31.2 Å². The third-order valence-corrected chi connectivity index (χ3v) is 2.48. The number of aliphatic carboxylic acids is 1. The molecule has 0 aliphatic heterocycles. The predicted molar refractivity (Wildman–Crippen MR) is 67.8 cm³/mol. The van der Waals surface area contributed by atoms with E-state index in [1.54, 1.807) is 0 Å². The first-order valence-electron chi connectivity index (χ1n) is 5.98. The lowest BCUT2D eigenvalue weighted by atomic mass is 10.2. The number of amides is 1. The molecule has 0 heterocycles. The maximum Gasteiger partial charge on any atom is 0.328 e. The van der Waals surface area contributed by atoms with E-state index in [2.05, 4.69) is 5.32 Å². The Bertz CT molecular complexity index is 460. The number of ether oxygens (including phenoxy) is 1. The van der Waals surface area contributed by atoms with Crippen molar-refractivity contribution in [2.24, 2.45) is 0 Å². The van der Waals surface area contributed by atoms with Gasteiger partial charge in [0.05, 0.1) is 19.1 Å². The number of hydrogen-bond donors (Lipinski definition) is 3. The van der Waals surface area contributed by atoms with E-state index in [1.165, 1.54) is 31.2 Å². The average Bonchev–Trinajstić information content (AvgIpc) is 2.37. The smallest absolute Gasteiger partial charge is 0.328 e. The van der Waals surface area contributed by atoms with Gasteiger partial charge < -0.3 is 20.3 Å². The van der Waals surface area contributed by atoms with Gasteiger partial charge in [0, 0.05) is 0 Å². The van der Waals surface area contributed by atoms with Gasteiger partial charge >= 0.3 is 5.97 Å². The van der Waals surface area contributed by atoms with E-state index in [1.807, 2.05) is 0 Å². The quantitative estimate of drug-likeness (QED) is 0.679. The van der Waals surface area contributed by atoms with Crippen LogP contribution >= 0.6 is 0 Å². The van der Waals surface area contributed by atoms with Gasteiger partial charge in [-0.15, -0.1) is 0 Å². The van der Waals surface area contributed by atoms with Gasteiger partial charge in [-0.1, -0.05) is 0 Å². The molecule has 2 atom stereocenters. The summed E-state index contributed by atoms with van der Waals surface area (Å²) in [5.41, 5.74) is 0. The molecule has 0 radical (unpaired) electrons. The first kappa shape index (κ1) is 15.9. The number of carbonyl (C=O) groups excluding carboxylic acids is 1. The fourth-order valence-corrected chi connectivity index (χ4v) is 1.43. The Labute approximate surface area is 115 Å². The zero-order valence-electron chi connectivity index (χ0n) is 10.9. The summed E-state index contributed by atoms with van der Waals surface area (Å²) in [5, 5.41) is 20.2. The molecule has 0 saturated carbocycles. The topological polar surface area (TPSA) is 95.9 Å². The van der Waals surface area contributed by atoms with Crippen molar-refractivity contribution in [1.29, 1.82) is 0 Å². The Morgan fingerprint density at radius 1 is 1.35 bits per heavy atom. The number of aliphatic hydroxyl groups excluding tert-OH is 1. The predicted octanol–water partition coefficient (Wildman–Crippen LogP) is 0.545. The Morgan fingerprint density at radius 2 is 1.95 bits per heavy atom. The Balaban J connectivity index is 2.36. The lowest BCUT2D eigenvalue weighted by Crippen LogP contribution is -2.47. The number of nitrogens with one attached hydrogen (secondary N) is 1. The van der Waals surface area contributed by atoms with Crippen molar-refractivity contribution in [1.82, 2.24) is 5.32 Å². The molecule has 1 aromatic rings. The molecule has 3 N–H and O–H groups in total. The van der Waals surface area contributed by atoms with Crippen molar-refractivity contribution >= 4 is 11.9 Å². The molecular weight excluding hydrogens is 269 g/mol. The summed E-state index contributed by atoms with van der Waals surface area (Å²) in [6.45, 7) is 1.29. The molecular formula is C13H16FNO5. The summed E-state index contributed by atoms with van der Waals surface area (Å²) in [4.78, 5) is 22.2. The van der Waals surface area contributed by atoms with Crippen LogP contribution in [-0.4, -0.2) is 40.8 Å². The molecule has 6 nitrogen and oxygen atoms in total. The minimum absolute atomic E-state index is 0.0175. The first-order chi connectivity index (χ1) is 9.40. The molecule has 0 aromatic heterocycles. The number of benzene rings is 1. The van der Waals surface area contributed by atoms with Gasteiger partial charge in [0.2, 0.25) is 5.91 Å². The molecule has 0 aliphatic carbocycles. The summed E-state index contributed by atoms with van der Waals surface area (Å²) in [5.74, 6) is -1.85. The van der Waals surface area contributed by atoms with Crippen LogP contribution in [0.3, 0.4) is 0 Å². The largest absolute Gasteiger partial charge is 0.493 e. The van der Waals surface area contributed by atoms with Gasteiger partial charge in [0.15, 0.2) is 6.04 Å². The van der Waals surface area contributed by atoms with E-state index in [0.29, 0.717) is 5.75 Å². The summed E-state index contributed by atoms with van der Waals surface area (Å²) < 4.78 is 17.8. The minimum atomic E-state index is -1.35. The number of rotatable bonds is 7. The Hall–Kier alpha value is -2.15. The van der Waals surface area contributed by atoms with Gasteiger partial charge in [-0.2, -0.15) is 0 Å². The SMILES string of the molecule is CC(O)C(NC(=O)CCOc1ccc(F)cc1)C(=O)O. The van der Waals surface area contributed by atoms with Gasteiger partial charge in [0.25, 0.3) is 0 Å². The normalized spacial score (nSPS) is 13.3. The molecule has 0 bridgehead atoms. The van der Waals surface area contributed by atoms with E-state index in [4.69, 9.17) is 9.84 Å². The molecule has 20 heavy (non-hydrogen) atoms. The molecule has 1 aromatic carbocycles. The van der Waals surface area contributed by atoms with Crippen LogP contribution in [0.1, 0.15) is 13.3 Å². The highest BCUT2D eigenvalue weighted by Crippen LogP contribution is 2.11. The van der Waals surface area contributed by atoms with Crippen molar-refractivity contribution in [2.45, 2.75) is 25.5 Å². The zero-order chi connectivity index (χ0) is 15.1. The van der Waals surface area contributed by atoms with Crippen molar-refractivity contribution < 1.29 is 28.9 Å². The molecule has 110 valence electrons. The second-order valence-corrected chi connectivity index (χ2v) is 4.18. The van der Waals surface area contributed by atoms with Crippen LogP contribution in [0, 0.1) is 5.82 Å².